The van der Waals surface area contributed by atoms with E-state index >= 15 is 0 Å². The number of nitrogen functional groups attached to an aromatic ring is 1. The number of hydrogen-bond acceptors (Lipinski definition) is 6. The number of ether oxygens (including phenoxy) is 1. The van der Waals surface area contributed by atoms with Gasteiger partial charge in [0.25, 0.3) is 0 Å². The van der Waals surface area contributed by atoms with E-state index in [0.29, 0.717) is 30.5 Å². The molecule has 1 unspecified atom stereocenters. The first-order valence-electron chi connectivity index (χ1n) is 5.41. The number of methoxy groups -OCH3 is 1. The molecular formula is C11H19N5O. The smallest absolute Gasteiger partial charge is 0.215 e. The van der Waals surface area contributed by atoms with Crippen molar-refractivity contribution in [1.82, 2.24) is 4.98 Å². The number of pyridine rings is 1. The zero-order chi connectivity index (χ0) is 12.8. The van der Waals surface area contributed by atoms with Crippen molar-refractivity contribution in [2.24, 2.45) is 5.73 Å². The van der Waals surface area contributed by atoms with Gasteiger partial charge in [0, 0.05) is 25.4 Å². The van der Waals surface area contributed by atoms with E-state index in [0.717, 1.165) is 0 Å². The van der Waals surface area contributed by atoms with Crippen molar-refractivity contribution in [2.75, 3.05) is 30.8 Å². The van der Waals surface area contributed by atoms with Crippen LogP contribution in [0.3, 0.4) is 0 Å². The minimum atomic E-state index is -0.111. The summed E-state index contributed by atoms with van der Waals surface area (Å²) in [7, 11) is 1.55. The van der Waals surface area contributed by atoms with Crippen molar-refractivity contribution in [3.8, 4) is 5.88 Å². The summed E-state index contributed by atoms with van der Waals surface area (Å²) in [5.41, 5.74) is 12.0. The van der Waals surface area contributed by atoms with Gasteiger partial charge in [-0.15, -0.1) is 0 Å². The number of anilines is 2. The van der Waals surface area contributed by atoms with E-state index < -0.39 is 0 Å². The minimum absolute atomic E-state index is 0.111. The second-order valence-corrected chi connectivity index (χ2v) is 3.66. The molecule has 1 heterocycles. The van der Waals surface area contributed by atoms with E-state index in [2.05, 4.69) is 4.98 Å². The lowest BCUT2D eigenvalue weighted by molar-refractivity contribution is 0.398. The first-order valence-corrected chi connectivity index (χ1v) is 5.41. The molecule has 1 atom stereocenters. The van der Waals surface area contributed by atoms with E-state index in [1.807, 2.05) is 11.8 Å². The van der Waals surface area contributed by atoms with Gasteiger partial charge < -0.3 is 26.5 Å². The number of nitrogens with zero attached hydrogens (tertiary/aromatic N) is 2. The summed E-state index contributed by atoms with van der Waals surface area (Å²) in [4.78, 5) is 6.18. The van der Waals surface area contributed by atoms with Gasteiger partial charge in [0.05, 0.1) is 18.8 Å². The average molecular weight is 237 g/mol. The fourth-order valence-electron chi connectivity index (χ4n) is 1.52. The molecule has 0 radical (unpaired) electrons. The third-order valence-corrected chi connectivity index (χ3v) is 2.46. The molecule has 1 aromatic rings. The lowest BCUT2D eigenvalue weighted by Crippen LogP contribution is -2.39. The van der Waals surface area contributed by atoms with E-state index in [-0.39, 0.29) is 6.04 Å². The highest BCUT2D eigenvalue weighted by molar-refractivity contribution is 5.72. The Labute approximate surface area is 101 Å². The maximum Gasteiger partial charge on any atom is 0.215 e. The summed E-state index contributed by atoms with van der Waals surface area (Å²) in [5.74, 6) is 1.10. The number of aromatic nitrogens is 1. The molecule has 0 saturated carbocycles. The number of rotatable bonds is 6. The fraction of sp³-hybridized carbons (Fsp3) is 0.455. The Morgan fingerprint density at radius 2 is 2.29 bits per heavy atom. The molecule has 0 spiro atoms. The quantitative estimate of drug-likeness (QED) is 0.624. The zero-order valence-corrected chi connectivity index (χ0v) is 10.2. The van der Waals surface area contributed by atoms with E-state index in [9.17, 15) is 0 Å². The number of nitrogens with two attached hydrogens (primary N) is 2. The standard InChI is InChI=1S/C11H19N5O/c1-8(7-13)16(6-5-12)11-9(14)3-4-10(15-11)17-2/h3-4,7-8,13H,5-6,12,14H2,1-2H3. The lowest BCUT2D eigenvalue weighted by atomic mass is 10.2. The first kappa shape index (κ1) is 13.2. The topological polar surface area (TPSA) is 101 Å². The summed E-state index contributed by atoms with van der Waals surface area (Å²) < 4.78 is 5.07. The van der Waals surface area contributed by atoms with E-state index in [1.54, 1.807) is 19.2 Å². The van der Waals surface area contributed by atoms with Crippen LogP contribution in [0.5, 0.6) is 5.88 Å². The molecule has 94 valence electrons. The molecule has 5 N–H and O–H groups in total. The molecule has 6 nitrogen and oxygen atoms in total. The van der Waals surface area contributed by atoms with Crippen LogP contribution in [0.15, 0.2) is 12.1 Å². The third-order valence-electron chi connectivity index (χ3n) is 2.46. The Morgan fingerprint density at radius 3 is 2.82 bits per heavy atom. The van der Waals surface area contributed by atoms with Gasteiger partial charge in [0.2, 0.25) is 5.88 Å². The molecule has 0 aromatic carbocycles. The van der Waals surface area contributed by atoms with Crippen molar-refractivity contribution in [3.63, 3.8) is 0 Å². The van der Waals surface area contributed by atoms with Crippen molar-refractivity contribution in [1.29, 1.82) is 5.41 Å². The molecule has 0 aliphatic rings. The normalized spacial score (nSPS) is 11.9. The summed E-state index contributed by atoms with van der Waals surface area (Å²) >= 11 is 0. The molecular weight excluding hydrogens is 218 g/mol. The van der Waals surface area contributed by atoms with E-state index in [1.165, 1.54) is 6.21 Å². The van der Waals surface area contributed by atoms with Gasteiger partial charge >= 0.3 is 0 Å². The second-order valence-electron chi connectivity index (χ2n) is 3.66. The third kappa shape index (κ3) is 3.07. The Kier molecular flexibility index (Phi) is 4.71. The highest BCUT2D eigenvalue weighted by Gasteiger charge is 2.16. The average Bonchev–Trinajstić information content (AvgIpc) is 2.36. The monoisotopic (exact) mass is 237 g/mol. The number of nitrogens with one attached hydrogen (secondary N) is 1. The lowest BCUT2D eigenvalue weighted by Gasteiger charge is -2.28. The Balaban J connectivity index is 3.11. The van der Waals surface area contributed by atoms with Crippen LogP contribution in [-0.4, -0.2) is 37.4 Å². The summed E-state index contributed by atoms with van der Waals surface area (Å²) in [6.07, 6.45) is 1.33. The molecule has 0 aliphatic heterocycles. The van der Waals surface area contributed by atoms with Crippen LogP contribution in [0.1, 0.15) is 6.92 Å². The molecule has 1 aromatic heterocycles. The highest BCUT2D eigenvalue weighted by atomic mass is 16.5. The molecule has 17 heavy (non-hydrogen) atoms. The van der Waals surface area contributed by atoms with Crippen LogP contribution in [0.4, 0.5) is 11.5 Å². The predicted molar refractivity (Wildman–Crippen MR) is 69.8 cm³/mol. The van der Waals surface area contributed by atoms with Gasteiger partial charge in [-0.2, -0.15) is 4.98 Å². The zero-order valence-electron chi connectivity index (χ0n) is 10.2. The summed E-state index contributed by atoms with van der Waals surface area (Å²) in [6, 6.07) is 3.33. The van der Waals surface area contributed by atoms with Crippen molar-refractivity contribution in [3.05, 3.63) is 12.1 Å². The first-order chi connectivity index (χ1) is 8.13. The van der Waals surface area contributed by atoms with Crippen molar-refractivity contribution >= 4 is 17.7 Å². The van der Waals surface area contributed by atoms with Gasteiger partial charge in [-0.3, -0.25) is 0 Å². The second kappa shape index (κ2) is 6.05. The van der Waals surface area contributed by atoms with Crippen molar-refractivity contribution < 1.29 is 4.74 Å². The van der Waals surface area contributed by atoms with Gasteiger partial charge in [0.1, 0.15) is 0 Å². The molecule has 0 saturated heterocycles. The van der Waals surface area contributed by atoms with Gasteiger partial charge in [-0.05, 0) is 13.0 Å². The predicted octanol–water partition coefficient (Wildman–Crippen LogP) is 0.476. The molecule has 6 heteroatoms. The van der Waals surface area contributed by atoms with Crippen LogP contribution in [-0.2, 0) is 0 Å². The Morgan fingerprint density at radius 1 is 1.59 bits per heavy atom. The molecule has 0 aliphatic carbocycles. The summed E-state index contributed by atoms with van der Waals surface area (Å²) in [6.45, 7) is 2.95. The van der Waals surface area contributed by atoms with Crippen LogP contribution in [0.25, 0.3) is 0 Å². The van der Waals surface area contributed by atoms with Crippen LogP contribution >= 0.6 is 0 Å². The van der Waals surface area contributed by atoms with Crippen molar-refractivity contribution in [2.45, 2.75) is 13.0 Å². The van der Waals surface area contributed by atoms with Crippen LogP contribution < -0.4 is 21.1 Å². The molecule has 0 amide bonds. The largest absolute Gasteiger partial charge is 0.481 e. The van der Waals surface area contributed by atoms with Gasteiger partial charge in [-0.1, -0.05) is 0 Å². The molecule has 1 rings (SSSR count). The number of hydrogen-bond donors (Lipinski definition) is 3. The van der Waals surface area contributed by atoms with Gasteiger partial charge in [-0.25, -0.2) is 0 Å². The molecule has 0 fully saturated rings. The Bertz CT molecular complexity index is 382. The maximum absolute atomic E-state index is 7.33. The van der Waals surface area contributed by atoms with Crippen LogP contribution in [0.2, 0.25) is 0 Å². The SMILES string of the molecule is COc1ccc(N)c(N(CCN)C(C)C=N)n1. The van der Waals surface area contributed by atoms with Gasteiger partial charge in [0.15, 0.2) is 5.82 Å². The highest BCUT2D eigenvalue weighted by Crippen LogP contribution is 2.24. The maximum atomic E-state index is 7.33. The molecule has 0 bridgehead atoms. The Hall–Kier alpha value is -1.82. The summed E-state index contributed by atoms with van der Waals surface area (Å²) in [5, 5.41) is 7.33. The van der Waals surface area contributed by atoms with Crippen LogP contribution in [0, 0.1) is 5.41 Å². The fourth-order valence-corrected chi connectivity index (χ4v) is 1.52. The minimum Gasteiger partial charge on any atom is -0.481 e. The van der Waals surface area contributed by atoms with E-state index in [4.69, 9.17) is 21.6 Å².